The highest BCUT2D eigenvalue weighted by Gasteiger charge is 2.60. The molecular weight excluding hydrogens is 422 g/mol. The van der Waals surface area contributed by atoms with E-state index in [0.717, 1.165) is 11.1 Å². The Morgan fingerprint density at radius 3 is 2.39 bits per heavy atom. The fourth-order valence-electron chi connectivity index (χ4n) is 4.36. The van der Waals surface area contributed by atoms with E-state index in [1.54, 1.807) is 17.7 Å². The Balaban J connectivity index is 1.41. The number of hydrogen-bond donors (Lipinski definition) is 1. The van der Waals surface area contributed by atoms with E-state index >= 15 is 0 Å². The smallest absolute Gasteiger partial charge is 0.302 e. The van der Waals surface area contributed by atoms with Gasteiger partial charge in [0.25, 0.3) is 5.56 Å². The van der Waals surface area contributed by atoms with Gasteiger partial charge in [-0.1, -0.05) is 60.7 Å². The van der Waals surface area contributed by atoms with Crippen LogP contribution in [0.1, 0.15) is 22.9 Å². The highest BCUT2D eigenvalue weighted by Crippen LogP contribution is 2.45. The van der Waals surface area contributed by atoms with Gasteiger partial charge in [-0.2, -0.15) is 4.98 Å². The third kappa shape index (κ3) is 4.18. The number of benzene rings is 2. The zero-order chi connectivity index (χ0) is 22.8. The molecule has 3 heterocycles. The first-order valence-corrected chi connectivity index (χ1v) is 11.0. The first-order valence-electron chi connectivity index (χ1n) is 11.0. The molecule has 2 aliphatic rings. The van der Waals surface area contributed by atoms with Gasteiger partial charge in [0.15, 0.2) is 12.3 Å². The van der Waals surface area contributed by atoms with Crippen LogP contribution >= 0.6 is 0 Å². The van der Waals surface area contributed by atoms with Gasteiger partial charge in [0.2, 0.25) is 0 Å². The summed E-state index contributed by atoms with van der Waals surface area (Å²) in [5.74, 6) is 0. The van der Waals surface area contributed by atoms with Crippen LogP contribution in [0.5, 0.6) is 6.01 Å². The average molecular weight is 450 g/mol. The van der Waals surface area contributed by atoms with Crippen LogP contribution in [-0.4, -0.2) is 40.5 Å². The van der Waals surface area contributed by atoms with Gasteiger partial charge in [-0.25, -0.2) is 0 Å². The summed E-state index contributed by atoms with van der Waals surface area (Å²) >= 11 is 0. The van der Waals surface area contributed by atoms with Gasteiger partial charge in [0, 0.05) is 18.3 Å². The minimum absolute atomic E-state index is 0.180. The maximum Gasteiger partial charge on any atom is 0.302 e. The summed E-state index contributed by atoms with van der Waals surface area (Å²) in [4.78, 5) is 16.1. The van der Waals surface area contributed by atoms with Crippen LogP contribution in [0.2, 0.25) is 0 Å². The number of nitrogens with two attached hydrogens (primary N) is 1. The Labute approximate surface area is 191 Å². The number of aromatic nitrogens is 2. The molecule has 172 valence electrons. The van der Waals surface area contributed by atoms with Crippen molar-refractivity contribution in [1.29, 1.82) is 0 Å². The molecule has 1 saturated heterocycles. The normalized spacial score (nSPS) is 25.5. The van der Waals surface area contributed by atoms with Crippen LogP contribution in [0.15, 0.2) is 71.7 Å². The van der Waals surface area contributed by atoms with Crippen molar-refractivity contribution >= 4 is 0 Å². The summed E-state index contributed by atoms with van der Waals surface area (Å²) in [7, 11) is 0. The molecule has 2 aromatic carbocycles. The largest absolute Gasteiger partial charge is 0.453 e. The van der Waals surface area contributed by atoms with Crippen molar-refractivity contribution < 1.29 is 18.9 Å². The van der Waals surface area contributed by atoms with Crippen LogP contribution < -0.4 is 16.0 Å². The second-order valence-corrected chi connectivity index (χ2v) is 8.47. The molecule has 0 unspecified atom stereocenters. The lowest BCUT2D eigenvalue weighted by molar-refractivity contribution is -0.153. The lowest BCUT2D eigenvalue weighted by Crippen LogP contribution is -2.54. The quantitative estimate of drug-likeness (QED) is 0.564. The van der Waals surface area contributed by atoms with E-state index in [4.69, 9.17) is 24.7 Å². The first kappa shape index (κ1) is 21.8. The molecule has 3 aromatic rings. The number of aryl methyl sites for hydroxylation is 1. The van der Waals surface area contributed by atoms with Crippen molar-refractivity contribution in [2.45, 2.75) is 44.2 Å². The van der Waals surface area contributed by atoms with Crippen molar-refractivity contribution in [2.24, 2.45) is 5.73 Å². The molecule has 8 nitrogen and oxygen atoms in total. The van der Waals surface area contributed by atoms with E-state index in [-0.39, 0.29) is 24.7 Å². The molecule has 0 amide bonds. The maximum absolute atomic E-state index is 12.0. The molecule has 33 heavy (non-hydrogen) atoms. The van der Waals surface area contributed by atoms with Gasteiger partial charge >= 0.3 is 6.01 Å². The van der Waals surface area contributed by atoms with Crippen LogP contribution in [0.3, 0.4) is 0 Å². The summed E-state index contributed by atoms with van der Waals surface area (Å²) in [6, 6.07) is 20.0. The number of nitrogens with zero attached hydrogens (tertiary/aromatic N) is 2. The fraction of sp³-hybridized carbons (Fsp3) is 0.360. The van der Waals surface area contributed by atoms with Crippen LogP contribution in [0, 0.1) is 6.92 Å². The molecule has 0 aliphatic carbocycles. The third-order valence-electron chi connectivity index (χ3n) is 6.13. The molecule has 1 aromatic heterocycles. The third-order valence-corrected chi connectivity index (χ3v) is 6.13. The maximum atomic E-state index is 12.0. The second kappa shape index (κ2) is 9.07. The number of fused-ring (bicyclic) bond motifs is 3. The van der Waals surface area contributed by atoms with E-state index in [9.17, 15) is 4.79 Å². The lowest BCUT2D eigenvalue weighted by atomic mass is 9.95. The lowest BCUT2D eigenvalue weighted by Gasteiger charge is -2.34. The van der Waals surface area contributed by atoms with E-state index in [1.807, 2.05) is 60.7 Å². The van der Waals surface area contributed by atoms with E-state index in [2.05, 4.69) is 4.98 Å². The van der Waals surface area contributed by atoms with Gasteiger partial charge < -0.3 is 24.7 Å². The molecule has 0 radical (unpaired) electrons. The first-order chi connectivity index (χ1) is 16.1. The Morgan fingerprint density at radius 1 is 1.06 bits per heavy atom. The average Bonchev–Trinajstić information content (AvgIpc) is 3.32. The predicted octanol–water partition coefficient (Wildman–Crippen LogP) is 2.34. The minimum atomic E-state index is -0.923. The minimum Gasteiger partial charge on any atom is -0.453 e. The molecule has 2 N–H and O–H groups in total. The number of rotatable bonds is 8. The van der Waals surface area contributed by atoms with Gasteiger partial charge in [0.1, 0.15) is 11.7 Å². The van der Waals surface area contributed by atoms with Crippen molar-refractivity contribution in [1.82, 2.24) is 9.55 Å². The summed E-state index contributed by atoms with van der Waals surface area (Å²) in [6.07, 6.45) is 0.157. The predicted molar refractivity (Wildman–Crippen MR) is 121 cm³/mol. The van der Waals surface area contributed by atoms with Crippen LogP contribution in [-0.2, 0) is 27.4 Å². The Morgan fingerprint density at radius 2 is 1.73 bits per heavy atom. The molecule has 4 atom stereocenters. The summed E-state index contributed by atoms with van der Waals surface area (Å²) in [6.45, 7) is 2.92. The van der Waals surface area contributed by atoms with Crippen LogP contribution in [0.25, 0.3) is 0 Å². The molecule has 2 aliphatic heterocycles. The topological polar surface area (TPSA) is 97.8 Å². The van der Waals surface area contributed by atoms with Gasteiger partial charge in [-0.05, 0) is 18.1 Å². The zero-order valence-corrected chi connectivity index (χ0v) is 18.4. The molecule has 0 bridgehead atoms. The van der Waals surface area contributed by atoms with Gasteiger partial charge in [0.05, 0.1) is 19.8 Å². The van der Waals surface area contributed by atoms with Crippen molar-refractivity contribution in [3.8, 4) is 6.01 Å². The zero-order valence-electron chi connectivity index (χ0n) is 18.4. The molecular formula is C25H27N3O5. The SMILES string of the molecule is Cc1cn2c(nc1=O)O[C@@H]1[C@H]2O[C@](CN)(COCc2ccccc2)[C@H]1OCc1ccccc1. The second-order valence-electron chi connectivity index (χ2n) is 8.47. The van der Waals surface area contributed by atoms with Crippen molar-refractivity contribution in [3.05, 3.63) is 93.9 Å². The standard InChI is InChI=1S/C25H27N3O5/c1-17-12-28-23-20(32-24(28)27-22(17)29)21(31-14-19-10-6-3-7-11-19)25(15-26,33-23)16-30-13-18-8-4-2-5-9-18/h2-12,20-21,23H,13-16,26H2,1H3/t20-,21-,23+,25+/m0/s1. The summed E-state index contributed by atoms with van der Waals surface area (Å²) in [5.41, 5.74) is 7.62. The van der Waals surface area contributed by atoms with Crippen molar-refractivity contribution in [3.63, 3.8) is 0 Å². The number of ether oxygens (including phenoxy) is 4. The van der Waals surface area contributed by atoms with E-state index in [1.165, 1.54) is 0 Å². The summed E-state index contributed by atoms with van der Waals surface area (Å²) < 4.78 is 26.8. The molecule has 0 spiro atoms. The summed E-state index contributed by atoms with van der Waals surface area (Å²) in [5, 5.41) is 0. The van der Waals surface area contributed by atoms with Gasteiger partial charge in [-0.15, -0.1) is 0 Å². The highest BCUT2D eigenvalue weighted by atomic mass is 16.7. The Bertz CT molecular complexity index is 1150. The van der Waals surface area contributed by atoms with E-state index < -0.39 is 24.0 Å². The Hall–Kier alpha value is -3.04. The monoisotopic (exact) mass is 449 g/mol. The van der Waals surface area contributed by atoms with E-state index in [0.29, 0.717) is 18.8 Å². The van der Waals surface area contributed by atoms with Gasteiger partial charge in [-0.3, -0.25) is 9.36 Å². The fourth-order valence-corrected chi connectivity index (χ4v) is 4.36. The molecule has 8 heteroatoms. The molecule has 5 rings (SSSR count). The Kier molecular flexibility index (Phi) is 5.99. The van der Waals surface area contributed by atoms with Crippen LogP contribution in [0.4, 0.5) is 0 Å². The number of hydrogen-bond acceptors (Lipinski definition) is 7. The molecule has 0 saturated carbocycles. The van der Waals surface area contributed by atoms with Crippen molar-refractivity contribution in [2.75, 3.05) is 13.2 Å². The highest BCUT2D eigenvalue weighted by molar-refractivity contribution is 5.19. The molecule has 1 fully saturated rings.